The predicted octanol–water partition coefficient (Wildman–Crippen LogP) is 3.03. The molecule has 0 radical (unpaired) electrons. The molecule has 19 heavy (non-hydrogen) atoms. The van der Waals surface area contributed by atoms with E-state index in [1.165, 1.54) is 11.1 Å². The van der Waals surface area contributed by atoms with Crippen molar-refractivity contribution in [3.05, 3.63) is 59.4 Å². The Bertz CT molecular complexity index is 523. The third-order valence-corrected chi connectivity index (χ3v) is 3.26. The zero-order chi connectivity index (χ0) is 13.7. The van der Waals surface area contributed by atoms with Crippen molar-refractivity contribution in [2.24, 2.45) is 5.73 Å². The number of benzene rings is 1. The maximum absolute atomic E-state index is 6.20. The lowest BCUT2D eigenvalue weighted by atomic mass is 10.0. The van der Waals surface area contributed by atoms with Crippen molar-refractivity contribution in [2.75, 3.05) is 7.11 Å². The highest BCUT2D eigenvalue weighted by molar-refractivity contribution is 5.26. The van der Waals surface area contributed by atoms with Gasteiger partial charge in [-0.2, -0.15) is 0 Å². The summed E-state index contributed by atoms with van der Waals surface area (Å²) in [4.78, 5) is 4.14. The third kappa shape index (κ3) is 3.80. The largest absolute Gasteiger partial charge is 0.495 e. The highest BCUT2D eigenvalue weighted by atomic mass is 16.5. The molecule has 0 amide bonds. The fourth-order valence-electron chi connectivity index (χ4n) is 1.99. The summed E-state index contributed by atoms with van der Waals surface area (Å²) in [6, 6.07) is 10.5. The molecule has 1 heterocycles. The van der Waals surface area contributed by atoms with E-state index in [0.717, 1.165) is 24.2 Å². The molecule has 0 bridgehead atoms. The molecular weight excluding hydrogens is 236 g/mol. The maximum atomic E-state index is 6.20. The molecular formula is C16H20N2O. The summed E-state index contributed by atoms with van der Waals surface area (Å²) in [5.74, 6) is 0.753. The van der Waals surface area contributed by atoms with Gasteiger partial charge in [-0.1, -0.05) is 29.8 Å². The lowest BCUT2D eigenvalue weighted by Crippen LogP contribution is -2.11. The number of pyridine rings is 1. The van der Waals surface area contributed by atoms with Crippen LogP contribution in [0.3, 0.4) is 0 Å². The summed E-state index contributed by atoms with van der Waals surface area (Å²) >= 11 is 0. The second-order valence-electron chi connectivity index (χ2n) is 4.79. The number of ether oxygens (including phenoxy) is 1. The van der Waals surface area contributed by atoms with E-state index in [-0.39, 0.29) is 6.04 Å². The Morgan fingerprint density at radius 1 is 1.21 bits per heavy atom. The van der Waals surface area contributed by atoms with Crippen LogP contribution < -0.4 is 10.5 Å². The van der Waals surface area contributed by atoms with E-state index >= 15 is 0 Å². The number of hydrogen-bond donors (Lipinski definition) is 1. The van der Waals surface area contributed by atoms with E-state index in [1.807, 2.05) is 12.3 Å². The van der Waals surface area contributed by atoms with Crippen molar-refractivity contribution in [2.45, 2.75) is 25.8 Å². The molecule has 0 spiro atoms. The molecule has 0 saturated carbocycles. The van der Waals surface area contributed by atoms with Gasteiger partial charge in [-0.3, -0.25) is 4.98 Å². The van der Waals surface area contributed by atoms with Gasteiger partial charge in [-0.25, -0.2) is 0 Å². The van der Waals surface area contributed by atoms with Crippen molar-refractivity contribution in [3.8, 4) is 5.75 Å². The second kappa shape index (κ2) is 6.34. The number of hydrogen-bond acceptors (Lipinski definition) is 3. The van der Waals surface area contributed by atoms with Gasteiger partial charge in [0.1, 0.15) is 5.75 Å². The van der Waals surface area contributed by atoms with Crippen molar-refractivity contribution in [3.63, 3.8) is 0 Å². The minimum absolute atomic E-state index is 0.0103. The quantitative estimate of drug-likeness (QED) is 0.894. The summed E-state index contributed by atoms with van der Waals surface area (Å²) in [7, 11) is 1.64. The van der Waals surface area contributed by atoms with Crippen LogP contribution in [0.25, 0.3) is 0 Å². The second-order valence-corrected chi connectivity index (χ2v) is 4.79. The maximum Gasteiger partial charge on any atom is 0.137 e. The van der Waals surface area contributed by atoms with Gasteiger partial charge in [0.25, 0.3) is 0 Å². The van der Waals surface area contributed by atoms with E-state index in [1.54, 1.807) is 13.3 Å². The van der Waals surface area contributed by atoms with Gasteiger partial charge >= 0.3 is 0 Å². The van der Waals surface area contributed by atoms with Crippen molar-refractivity contribution in [1.82, 2.24) is 4.98 Å². The molecule has 0 saturated heterocycles. The molecule has 2 aromatic rings. The number of nitrogens with two attached hydrogens (primary N) is 1. The van der Waals surface area contributed by atoms with Crippen LogP contribution in [0.5, 0.6) is 5.75 Å². The molecule has 1 unspecified atom stereocenters. The molecule has 1 aromatic carbocycles. The number of rotatable bonds is 5. The first-order chi connectivity index (χ1) is 9.19. The molecule has 1 atom stereocenters. The fourth-order valence-corrected chi connectivity index (χ4v) is 1.99. The minimum atomic E-state index is -0.0103. The van der Waals surface area contributed by atoms with Crippen LogP contribution in [0.1, 0.15) is 29.2 Å². The molecule has 3 nitrogen and oxygen atoms in total. The minimum Gasteiger partial charge on any atom is -0.495 e. The SMILES string of the molecule is COc1cncc(C(N)CCc2ccc(C)cc2)c1. The Morgan fingerprint density at radius 3 is 2.63 bits per heavy atom. The Morgan fingerprint density at radius 2 is 1.95 bits per heavy atom. The van der Waals surface area contributed by atoms with E-state index in [9.17, 15) is 0 Å². The molecule has 1 aromatic heterocycles. The third-order valence-electron chi connectivity index (χ3n) is 3.26. The Balaban J connectivity index is 1.96. The van der Waals surface area contributed by atoms with E-state index in [2.05, 4.69) is 36.2 Å². The molecule has 2 rings (SSSR count). The Hall–Kier alpha value is -1.87. The normalized spacial score (nSPS) is 12.2. The monoisotopic (exact) mass is 256 g/mol. The van der Waals surface area contributed by atoms with Gasteiger partial charge in [0.2, 0.25) is 0 Å². The zero-order valence-corrected chi connectivity index (χ0v) is 11.5. The number of nitrogens with zero attached hydrogens (tertiary/aromatic N) is 1. The van der Waals surface area contributed by atoms with Crippen LogP contribution >= 0.6 is 0 Å². The highest BCUT2D eigenvalue weighted by Crippen LogP contribution is 2.20. The first kappa shape index (κ1) is 13.6. The summed E-state index contributed by atoms with van der Waals surface area (Å²) in [6.07, 6.45) is 5.37. The molecule has 0 fully saturated rings. The number of methoxy groups -OCH3 is 1. The standard InChI is InChI=1S/C16H20N2O/c1-12-3-5-13(6-4-12)7-8-16(17)14-9-15(19-2)11-18-10-14/h3-6,9-11,16H,7-8,17H2,1-2H3. The number of aryl methyl sites for hydroxylation is 2. The summed E-state index contributed by atoms with van der Waals surface area (Å²) in [6.45, 7) is 2.09. The van der Waals surface area contributed by atoms with Crippen LogP contribution in [0.4, 0.5) is 0 Å². The van der Waals surface area contributed by atoms with E-state index in [4.69, 9.17) is 10.5 Å². The lowest BCUT2D eigenvalue weighted by Gasteiger charge is -2.12. The molecule has 2 N–H and O–H groups in total. The summed E-state index contributed by atoms with van der Waals surface area (Å²) < 4.78 is 5.16. The smallest absolute Gasteiger partial charge is 0.137 e. The van der Waals surface area contributed by atoms with E-state index in [0.29, 0.717) is 0 Å². The summed E-state index contributed by atoms with van der Waals surface area (Å²) in [5.41, 5.74) is 9.82. The van der Waals surface area contributed by atoms with Gasteiger partial charge in [0, 0.05) is 12.2 Å². The zero-order valence-electron chi connectivity index (χ0n) is 11.5. The van der Waals surface area contributed by atoms with Crippen LogP contribution in [0.2, 0.25) is 0 Å². The highest BCUT2D eigenvalue weighted by Gasteiger charge is 2.08. The lowest BCUT2D eigenvalue weighted by molar-refractivity contribution is 0.411. The Labute approximate surface area is 114 Å². The van der Waals surface area contributed by atoms with Gasteiger partial charge in [-0.15, -0.1) is 0 Å². The first-order valence-corrected chi connectivity index (χ1v) is 6.49. The van der Waals surface area contributed by atoms with Crippen molar-refractivity contribution >= 4 is 0 Å². The van der Waals surface area contributed by atoms with Crippen molar-refractivity contribution < 1.29 is 4.74 Å². The van der Waals surface area contributed by atoms with Crippen LogP contribution in [0.15, 0.2) is 42.7 Å². The van der Waals surface area contributed by atoms with Crippen LogP contribution in [0, 0.1) is 6.92 Å². The molecule has 0 aliphatic heterocycles. The fraction of sp³-hybridized carbons (Fsp3) is 0.312. The Kier molecular flexibility index (Phi) is 4.53. The average Bonchev–Trinajstić information content (AvgIpc) is 2.46. The van der Waals surface area contributed by atoms with Gasteiger partial charge < -0.3 is 10.5 Å². The summed E-state index contributed by atoms with van der Waals surface area (Å²) in [5, 5.41) is 0. The first-order valence-electron chi connectivity index (χ1n) is 6.49. The van der Waals surface area contributed by atoms with Crippen molar-refractivity contribution in [1.29, 1.82) is 0 Å². The van der Waals surface area contributed by atoms with E-state index < -0.39 is 0 Å². The number of aromatic nitrogens is 1. The van der Waals surface area contributed by atoms with Gasteiger partial charge in [-0.05, 0) is 37.0 Å². The van der Waals surface area contributed by atoms with Crippen LogP contribution in [-0.2, 0) is 6.42 Å². The average molecular weight is 256 g/mol. The molecule has 100 valence electrons. The van der Waals surface area contributed by atoms with Gasteiger partial charge in [0.15, 0.2) is 0 Å². The molecule has 0 aliphatic rings. The predicted molar refractivity (Wildman–Crippen MR) is 77.2 cm³/mol. The van der Waals surface area contributed by atoms with Gasteiger partial charge in [0.05, 0.1) is 13.3 Å². The van der Waals surface area contributed by atoms with Crippen LogP contribution in [-0.4, -0.2) is 12.1 Å². The molecule has 3 heteroatoms. The molecule has 0 aliphatic carbocycles. The topological polar surface area (TPSA) is 48.1 Å².